The highest BCUT2D eigenvalue weighted by molar-refractivity contribution is 5.92. The van der Waals surface area contributed by atoms with E-state index in [-0.39, 0.29) is 5.91 Å². The number of imidazole rings is 1. The number of hydrogen-bond acceptors (Lipinski definition) is 5. The maximum Gasteiger partial charge on any atom is 0.271 e. The average molecular weight is 331 g/mol. The highest BCUT2D eigenvalue weighted by atomic mass is 16.1. The number of likely N-dealkylation sites (N-methyl/N-ethyl adjacent to an activating group) is 1. The Hall–Kier alpha value is -2.19. The van der Waals surface area contributed by atoms with Crippen LogP contribution in [0.2, 0.25) is 0 Å². The Morgan fingerprint density at radius 2 is 2.21 bits per heavy atom. The Bertz CT molecular complexity index is 703. The van der Waals surface area contributed by atoms with E-state index in [2.05, 4.69) is 20.3 Å². The van der Waals surface area contributed by atoms with Crippen LogP contribution in [0.3, 0.4) is 0 Å². The van der Waals surface area contributed by atoms with Crippen molar-refractivity contribution in [2.24, 2.45) is 7.05 Å². The molecule has 24 heavy (non-hydrogen) atoms. The summed E-state index contributed by atoms with van der Waals surface area (Å²) < 4.78 is 3.98. The highest BCUT2D eigenvalue weighted by Crippen LogP contribution is 2.15. The second-order valence-electron chi connectivity index (χ2n) is 6.47. The third-order valence-electron chi connectivity index (χ3n) is 4.24. The molecule has 3 rings (SSSR count). The first-order valence-electron chi connectivity index (χ1n) is 8.21. The molecule has 1 N–H and O–H groups in total. The zero-order chi connectivity index (χ0) is 17.1. The second-order valence-corrected chi connectivity index (χ2v) is 6.47. The van der Waals surface area contributed by atoms with Gasteiger partial charge in [-0.2, -0.15) is 5.10 Å². The van der Waals surface area contributed by atoms with E-state index in [4.69, 9.17) is 0 Å². The van der Waals surface area contributed by atoms with E-state index < -0.39 is 0 Å². The van der Waals surface area contributed by atoms with Gasteiger partial charge in [0.1, 0.15) is 11.5 Å². The van der Waals surface area contributed by atoms with E-state index in [1.165, 1.54) is 0 Å². The molecule has 0 saturated heterocycles. The van der Waals surface area contributed by atoms with Gasteiger partial charge in [0.25, 0.3) is 5.91 Å². The van der Waals surface area contributed by atoms with Crippen LogP contribution >= 0.6 is 0 Å². The van der Waals surface area contributed by atoms with Crippen LogP contribution in [0.4, 0.5) is 0 Å². The molecule has 0 unspecified atom stereocenters. The lowest BCUT2D eigenvalue weighted by Crippen LogP contribution is -2.34. The average Bonchev–Trinajstić information content (AvgIpc) is 3.13. The lowest BCUT2D eigenvalue weighted by atomic mass is 10.2. The molecule has 0 aromatic carbocycles. The molecule has 1 aliphatic heterocycles. The second kappa shape index (κ2) is 7.14. The van der Waals surface area contributed by atoms with Crippen LogP contribution in [-0.4, -0.2) is 68.8 Å². The summed E-state index contributed by atoms with van der Waals surface area (Å²) in [5, 5.41) is 7.35. The smallest absolute Gasteiger partial charge is 0.271 e. The minimum atomic E-state index is -0.102. The Morgan fingerprint density at radius 3 is 2.92 bits per heavy atom. The summed E-state index contributed by atoms with van der Waals surface area (Å²) in [5.74, 6) is 0.944. The lowest BCUT2D eigenvalue weighted by Gasteiger charge is -2.27. The van der Waals surface area contributed by atoms with Gasteiger partial charge in [0.2, 0.25) is 0 Å². The van der Waals surface area contributed by atoms with Crippen molar-refractivity contribution in [2.45, 2.75) is 19.6 Å². The van der Waals surface area contributed by atoms with E-state index in [9.17, 15) is 4.79 Å². The molecule has 0 spiro atoms. The molecule has 0 bridgehead atoms. The molecule has 1 amide bonds. The predicted octanol–water partition coefficient (Wildman–Crippen LogP) is -0.0762. The topological polar surface area (TPSA) is 71.2 Å². The molecule has 1 aliphatic rings. The van der Waals surface area contributed by atoms with E-state index in [0.29, 0.717) is 12.2 Å². The van der Waals surface area contributed by atoms with Crippen LogP contribution in [-0.2, 0) is 26.7 Å². The van der Waals surface area contributed by atoms with Gasteiger partial charge in [0, 0.05) is 45.6 Å². The van der Waals surface area contributed by atoms with Gasteiger partial charge in [0.15, 0.2) is 0 Å². The molecule has 130 valence electrons. The quantitative estimate of drug-likeness (QED) is 0.802. The number of aryl methyl sites for hydroxylation is 1. The first-order valence-corrected chi connectivity index (χ1v) is 8.21. The molecule has 0 atom stereocenters. The molecule has 0 saturated carbocycles. The molecule has 0 aliphatic carbocycles. The first-order chi connectivity index (χ1) is 11.5. The summed E-state index contributed by atoms with van der Waals surface area (Å²) in [6, 6.07) is 1.90. The molecule has 8 heteroatoms. The van der Waals surface area contributed by atoms with Gasteiger partial charge in [-0.15, -0.1) is 0 Å². The van der Waals surface area contributed by atoms with E-state index in [1.807, 2.05) is 53.8 Å². The molecule has 2 aromatic heterocycles. The van der Waals surface area contributed by atoms with Gasteiger partial charge in [-0.25, -0.2) is 4.98 Å². The summed E-state index contributed by atoms with van der Waals surface area (Å²) in [7, 11) is 5.97. The number of fused-ring (bicyclic) bond motifs is 1. The summed E-state index contributed by atoms with van der Waals surface area (Å²) in [4.78, 5) is 20.9. The molecule has 8 nitrogen and oxygen atoms in total. The van der Waals surface area contributed by atoms with Gasteiger partial charge in [-0.05, 0) is 20.2 Å². The summed E-state index contributed by atoms with van der Waals surface area (Å²) in [6.45, 7) is 4.73. The van der Waals surface area contributed by atoms with Crippen molar-refractivity contribution in [2.75, 3.05) is 33.7 Å². The van der Waals surface area contributed by atoms with Crippen LogP contribution in [0.15, 0.2) is 18.5 Å². The van der Waals surface area contributed by atoms with Crippen molar-refractivity contribution < 1.29 is 4.79 Å². The standard InChI is InChI=1S/C16H25N7O/c1-20(2)6-4-18-16(24)14-10-13-11-22(8-9-23(13)19-14)12-15-17-5-7-21(15)3/h5,7,10H,4,6,8-9,11-12H2,1-3H3,(H,18,24). The SMILES string of the molecule is CN(C)CCNC(=O)c1cc2n(n1)CCN(Cc1nccn1C)C2. The first kappa shape index (κ1) is 16.7. The maximum absolute atomic E-state index is 12.2. The number of carbonyl (C=O) groups excluding carboxylic acids is 1. The molecular weight excluding hydrogens is 306 g/mol. The fourth-order valence-corrected chi connectivity index (χ4v) is 2.80. The molecular formula is C16H25N7O. The summed E-state index contributed by atoms with van der Waals surface area (Å²) >= 11 is 0. The number of amides is 1. The minimum Gasteiger partial charge on any atom is -0.349 e. The number of hydrogen-bond donors (Lipinski definition) is 1. The van der Waals surface area contributed by atoms with E-state index in [1.54, 1.807) is 0 Å². The van der Waals surface area contributed by atoms with Crippen molar-refractivity contribution >= 4 is 5.91 Å². The van der Waals surface area contributed by atoms with Gasteiger partial charge in [0.05, 0.1) is 18.8 Å². The van der Waals surface area contributed by atoms with Gasteiger partial charge in [-0.1, -0.05) is 0 Å². The van der Waals surface area contributed by atoms with Crippen LogP contribution < -0.4 is 5.32 Å². The van der Waals surface area contributed by atoms with Gasteiger partial charge in [-0.3, -0.25) is 14.4 Å². The van der Waals surface area contributed by atoms with Crippen LogP contribution in [0.25, 0.3) is 0 Å². The van der Waals surface area contributed by atoms with Gasteiger partial charge < -0.3 is 14.8 Å². The largest absolute Gasteiger partial charge is 0.349 e. The zero-order valence-corrected chi connectivity index (χ0v) is 14.6. The third-order valence-corrected chi connectivity index (χ3v) is 4.24. The normalized spacial score (nSPS) is 14.8. The van der Waals surface area contributed by atoms with E-state index >= 15 is 0 Å². The van der Waals surface area contributed by atoms with Crippen LogP contribution in [0.5, 0.6) is 0 Å². The fraction of sp³-hybridized carbons (Fsp3) is 0.562. The van der Waals surface area contributed by atoms with E-state index in [0.717, 1.165) is 44.2 Å². The van der Waals surface area contributed by atoms with Crippen molar-refractivity contribution in [1.82, 2.24) is 34.4 Å². The third kappa shape index (κ3) is 3.82. The van der Waals surface area contributed by atoms with Crippen molar-refractivity contribution in [3.63, 3.8) is 0 Å². The fourth-order valence-electron chi connectivity index (χ4n) is 2.80. The van der Waals surface area contributed by atoms with Crippen molar-refractivity contribution in [3.05, 3.63) is 35.7 Å². The van der Waals surface area contributed by atoms with Crippen LogP contribution in [0, 0.1) is 0 Å². The Kier molecular flexibility index (Phi) is 4.96. The Morgan fingerprint density at radius 1 is 1.38 bits per heavy atom. The number of nitrogens with one attached hydrogen (secondary N) is 1. The predicted molar refractivity (Wildman–Crippen MR) is 90.4 cm³/mol. The summed E-state index contributed by atoms with van der Waals surface area (Å²) in [6.07, 6.45) is 3.78. The number of carbonyl (C=O) groups is 1. The molecule has 0 radical (unpaired) electrons. The van der Waals surface area contributed by atoms with Crippen molar-refractivity contribution in [3.8, 4) is 0 Å². The number of rotatable bonds is 6. The maximum atomic E-state index is 12.2. The molecule has 2 aromatic rings. The monoisotopic (exact) mass is 331 g/mol. The minimum absolute atomic E-state index is 0.102. The Labute approximate surface area is 142 Å². The summed E-state index contributed by atoms with van der Waals surface area (Å²) in [5.41, 5.74) is 1.58. The zero-order valence-electron chi connectivity index (χ0n) is 14.6. The van der Waals surface area contributed by atoms with Crippen LogP contribution in [0.1, 0.15) is 22.0 Å². The number of nitrogens with zero attached hydrogens (tertiary/aromatic N) is 6. The molecule has 0 fully saturated rings. The van der Waals surface area contributed by atoms with Crippen molar-refractivity contribution in [1.29, 1.82) is 0 Å². The molecule has 3 heterocycles. The number of aromatic nitrogens is 4. The Balaban J connectivity index is 1.60. The van der Waals surface area contributed by atoms with Gasteiger partial charge >= 0.3 is 0 Å². The highest BCUT2D eigenvalue weighted by Gasteiger charge is 2.21. The lowest BCUT2D eigenvalue weighted by molar-refractivity contribution is 0.0945.